The molecule has 1 heterocycles. The molecule has 3 N–H and O–H groups in total. The average molecular weight is 401 g/mol. The lowest BCUT2D eigenvalue weighted by Gasteiger charge is -2.10. The van der Waals surface area contributed by atoms with E-state index in [0.717, 1.165) is 0 Å². The smallest absolute Gasteiger partial charge is 0.257 e. The van der Waals surface area contributed by atoms with Gasteiger partial charge in [0, 0.05) is 18.0 Å². The Morgan fingerprint density at radius 2 is 1.64 bits per heavy atom. The number of nitrogens with two attached hydrogens (primary N) is 1. The summed E-state index contributed by atoms with van der Waals surface area (Å²) in [7, 11) is -3.82. The number of sulfonamides is 1. The number of aromatic nitrogens is 1. The first-order chi connectivity index (χ1) is 13.2. The van der Waals surface area contributed by atoms with Gasteiger partial charge in [0.15, 0.2) is 0 Å². The van der Waals surface area contributed by atoms with Gasteiger partial charge in [-0.25, -0.2) is 17.9 Å². The van der Waals surface area contributed by atoms with Crippen molar-refractivity contribution >= 4 is 21.6 Å². The fraction of sp³-hybridized carbons (Fsp3) is 0.0526. The minimum Gasteiger partial charge on any atom is -0.322 e. The quantitative estimate of drug-likeness (QED) is 0.680. The van der Waals surface area contributed by atoms with Crippen LogP contribution < -0.4 is 16.0 Å². The Labute approximate surface area is 160 Å². The number of carbonyl (C=O) groups excluding carboxylic acids is 1. The number of halogens is 1. The summed E-state index contributed by atoms with van der Waals surface area (Å²) >= 11 is 0. The molecule has 28 heavy (non-hydrogen) atoms. The van der Waals surface area contributed by atoms with Crippen molar-refractivity contribution in [3.05, 3.63) is 94.2 Å². The Bertz CT molecular complexity index is 1170. The SMILES string of the molecule is NS(=O)(=O)c1ccc(NC(=O)c2ccc(=O)n(Cc3ccc(F)cc3)c2)cc1. The van der Waals surface area contributed by atoms with Gasteiger partial charge in [-0.15, -0.1) is 0 Å². The highest BCUT2D eigenvalue weighted by atomic mass is 32.2. The van der Waals surface area contributed by atoms with Crippen LogP contribution in [0.4, 0.5) is 10.1 Å². The molecule has 0 bridgehead atoms. The van der Waals surface area contributed by atoms with E-state index in [2.05, 4.69) is 5.32 Å². The van der Waals surface area contributed by atoms with Crippen LogP contribution in [0.15, 0.2) is 76.6 Å². The lowest BCUT2D eigenvalue weighted by Crippen LogP contribution is -2.22. The lowest BCUT2D eigenvalue weighted by molar-refractivity contribution is 0.102. The third kappa shape index (κ3) is 4.70. The molecule has 0 aliphatic heterocycles. The summed E-state index contributed by atoms with van der Waals surface area (Å²) in [5.74, 6) is -0.853. The number of primary sulfonamides is 1. The van der Waals surface area contributed by atoms with E-state index in [1.807, 2.05) is 0 Å². The molecule has 0 fully saturated rings. The Morgan fingerprint density at radius 1 is 1.00 bits per heavy atom. The van der Waals surface area contributed by atoms with Crippen LogP contribution in [0.25, 0.3) is 0 Å². The van der Waals surface area contributed by atoms with Gasteiger partial charge < -0.3 is 9.88 Å². The zero-order valence-electron chi connectivity index (χ0n) is 14.5. The van der Waals surface area contributed by atoms with Crippen LogP contribution in [0, 0.1) is 5.82 Å². The van der Waals surface area contributed by atoms with Crippen LogP contribution in [0.2, 0.25) is 0 Å². The van der Waals surface area contributed by atoms with E-state index in [4.69, 9.17) is 5.14 Å². The molecule has 0 saturated carbocycles. The highest BCUT2D eigenvalue weighted by Crippen LogP contribution is 2.14. The number of nitrogens with zero attached hydrogens (tertiary/aromatic N) is 1. The molecule has 1 aromatic heterocycles. The monoisotopic (exact) mass is 401 g/mol. The van der Waals surface area contributed by atoms with Crippen LogP contribution in [0.5, 0.6) is 0 Å². The van der Waals surface area contributed by atoms with Gasteiger partial charge in [-0.3, -0.25) is 9.59 Å². The van der Waals surface area contributed by atoms with Crippen LogP contribution in [-0.2, 0) is 16.6 Å². The molecule has 0 atom stereocenters. The first-order valence-electron chi connectivity index (χ1n) is 8.11. The largest absolute Gasteiger partial charge is 0.322 e. The van der Waals surface area contributed by atoms with Gasteiger partial charge in [-0.1, -0.05) is 12.1 Å². The van der Waals surface area contributed by atoms with Gasteiger partial charge in [0.25, 0.3) is 11.5 Å². The molecule has 144 valence electrons. The Hall–Kier alpha value is -3.30. The summed E-state index contributed by atoms with van der Waals surface area (Å²) in [6.07, 6.45) is 1.40. The van der Waals surface area contributed by atoms with E-state index in [1.165, 1.54) is 59.3 Å². The van der Waals surface area contributed by atoms with Gasteiger partial charge >= 0.3 is 0 Å². The zero-order chi connectivity index (χ0) is 20.3. The molecule has 3 aromatic rings. The fourth-order valence-corrected chi connectivity index (χ4v) is 3.02. The molecule has 3 rings (SSSR count). The van der Waals surface area contributed by atoms with Crippen molar-refractivity contribution in [3.8, 4) is 0 Å². The molecule has 0 aliphatic rings. The normalized spacial score (nSPS) is 11.2. The molecule has 1 amide bonds. The van der Waals surface area contributed by atoms with Crippen LogP contribution >= 0.6 is 0 Å². The number of carbonyl (C=O) groups is 1. The van der Waals surface area contributed by atoms with Crippen molar-refractivity contribution in [2.75, 3.05) is 5.32 Å². The van der Waals surface area contributed by atoms with E-state index in [1.54, 1.807) is 12.1 Å². The molecule has 7 nitrogen and oxygen atoms in total. The molecular formula is C19H16FN3O4S. The maximum Gasteiger partial charge on any atom is 0.257 e. The number of rotatable bonds is 5. The first kappa shape index (κ1) is 19.5. The fourth-order valence-electron chi connectivity index (χ4n) is 2.51. The van der Waals surface area contributed by atoms with Crippen molar-refractivity contribution in [2.45, 2.75) is 11.4 Å². The Balaban J connectivity index is 1.78. The summed E-state index contributed by atoms with van der Waals surface area (Å²) in [6, 6.07) is 13.7. The summed E-state index contributed by atoms with van der Waals surface area (Å²) < 4.78 is 36.9. The number of benzene rings is 2. The van der Waals surface area contributed by atoms with E-state index >= 15 is 0 Å². The average Bonchev–Trinajstić information content (AvgIpc) is 2.65. The number of nitrogens with one attached hydrogen (secondary N) is 1. The second-order valence-electron chi connectivity index (χ2n) is 6.03. The van der Waals surface area contributed by atoms with Crippen molar-refractivity contribution in [3.63, 3.8) is 0 Å². The van der Waals surface area contributed by atoms with E-state index in [0.29, 0.717) is 11.3 Å². The topological polar surface area (TPSA) is 111 Å². The maximum atomic E-state index is 13.0. The molecule has 2 aromatic carbocycles. The number of hydrogen-bond acceptors (Lipinski definition) is 4. The summed E-state index contributed by atoms with van der Waals surface area (Å²) in [4.78, 5) is 24.4. The highest BCUT2D eigenvalue weighted by molar-refractivity contribution is 7.89. The predicted molar refractivity (Wildman–Crippen MR) is 102 cm³/mol. The minimum atomic E-state index is -3.82. The first-order valence-corrected chi connectivity index (χ1v) is 9.66. The minimum absolute atomic E-state index is 0.0710. The second kappa shape index (κ2) is 7.75. The standard InChI is InChI=1S/C19H16FN3O4S/c20-15-4-1-13(2-5-15)11-23-12-14(3-10-18(23)24)19(25)22-16-6-8-17(9-7-16)28(21,26)27/h1-10,12H,11H2,(H,22,25)(H2,21,26,27). The molecule has 0 unspecified atom stereocenters. The molecular weight excluding hydrogens is 385 g/mol. The number of anilines is 1. The summed E-state index contributed by atoms with van der Waals surface area (Å²) in [6.45, 7) is 0.184. The van der Waals surface area contributed by atoms with Gasteiger partial charge in [0.05, 0.1) is 17.0 Å². The predicted octanol–water partition coefficient (Wildman–Crippen LogP) is 1.94. The second-order valence-corrected chi connectivity index (χ2v) is 7.60. The Kier molecular flexibility index (Phi) is 5.39. The molecule has 0 spiro atoms. The molecule has 0 aliphatic carbocycles. The van der Waals surface area contributed by atoms with E-state index in [-0.39, 0.29) is 28.4 Å². The zero-order valence-corrected chi connectivity index (χ0v) is 15.3. The van der Waals surface area contributed by atoms with Crippen molar-refractivity contribution in [1.29, 1.82) is 0 Å². The van der Waals surface area contributed by atoms with E-state index < -0.39 is 15.9 Å². The molecule has 0 radical (unpaired) electrons. The number of amides is 1. The number of pyridine rings is 1. The molecule has 9 heteroatoms. The highest BCUT2D eigenvalue weighted by Gasteiger charge is 2.11. The van der Waals surface area contributed by atoms with Gasteiger partial charge in [0.2, 0.25) is 10.0 Å². The van der Waals surface area contributed by atoms with Gasteiger partial charge in [-0.2, -0.15) is 0 Å². The number of hydrogen-bond donors (Lipinski definition) is 2. The van der Waals surface area contributed by atoms with Crippen LogP contribution in [0.3, 0.4) is 0 Å². The van der Waals surface area contributed by atoms with Crippen molar-refractivity contribution in [1.82, 2.24) is 4.57 Å². The lowest BCUT2D eigenvalue weighted by atomic mass is 10.2. The maximum absolute atomic E-state index is 13.0. The van der Waals surface area contributed by atoms with Crippen molar-refractivity contribution < 1.29 is 17.6 Å². The summed E-state index contributed by atoms with van der Waals surface area (Å²) in [5, 5.41) is 7.65. The van der Waals surface area contributed by atoms with Crippen LogP contribution in [0.1, 0.15) is 15.9 Å². The third-order valence-electron chi connectivity index (χ3n) is 3.95. The van der Waals surface area contributed by atoms with Gasteiger partial charge in [0.1, 0.15) is 5.82 Å². The van der Waals surface area contributed by atoms with Gasteiger partial charge in [-0.05, 0) is 48.0 Å². The molecule has 0 saturated heterocycles. The van der Waals surface area contributed by atoms with Crippen molar-refractivity contribution in [2.24, 2.45) is 5.14 Å². The Morgan fingerprint density at radius 3 is 2.25 bits per heavy atom. The third-order valence-corrected chi connectivity index (χ3v) is 4.88. The van der Waals surface area contributed by atoms with Crippen LogP contribution in [-0.4, -0.2) is 18.9 Å². The van der Waals surface area contributed by atoms with E-state index in [9.17, 15) is 22.4 Å². The summed E-state index contributed by atoms with van der Waals surface area (Å²) in [5.41, 5.74) is 1.00.